The molecule has 2 aromatic rings. The average Bonchev–Trinajstić information content (AvgIpc) is 2.58. The first-order valence-corrected chi connectivity index (χ1v) is 10.9. The Bertz CT molecular complexity index is 512. The van der Waals surface area contributed by atoms with E-state index in [1.165, 1.54) is 62.4 Å². The third-order valence-corrected chi connectivity index (χ3v) is 9.64. The quantitative estimate of drug-likeness (QED) is 0.290. The van der Waals surface area contributed by atoms with E-state index in [2.05, 4.69) is 119 Å². The van der Waals surface area contributed by atoms with E-state index in [-0.39, 0.29) is 0 Å². The van der Waals surface area contributed by atoms with Crippen LogP contribution in [0, 0.1) is 55.4 Å². The van der Waals surface area contributed by atoms with Crippen LogP contribution < -0.4 is 0 Å². The molecule has 2 aromatic carbocycles. The Hall–Kier alpha value is 0.360. The molecule has 0 unspecified atom stereocenters. The first-order valence-electron chi connectivity index (χ1n) is 7.76. The van der Waals surface area contributed by atoms with Crippen LogP contribution in [0.4, 0.5) is 0 Å². The Morgan fingerprint density at radius 2 is 0.375 bits per heavy atom. The number of rotatable bonds is 0. The Balaban J connectivity index is 0.000000240. The van der Waals surface area contributed by atoms with Crippen LogP contribution in [0.25, 0.3) is 0 Å². The van der Waals surface area contributed by atoms with Gasteiger partial charge in [0.2, 0.25) is 0 Å². The monoisotopic (exact) mass is 580 g/mol. The van der Waals surface area contributed by atoms with Crippen LogP contribution in [0.2, 0.25) is 0 Å². The molecule has 132 valence electrons. The SMILES string of the molecule is Cc1c(C)c(Br)c(C)c(C)c1Br.Cc1c(C)c(Br)c(C)c(C)c1Br. The van der Waals surface area contributed by atoms with Crippen molar-refractivity contribution in [2.24, 2.45) is 0 Å². The second-order valence-electron chi connectivity index (χ2n) is 6.26. The van der Waals surface area contributed by atoms with E-state index in [0.29, 0.717) is 0 Å². The predicted molar refractivity (Wildman–Crippen MR) is 122 cm³/mol. The van der Waals surface area contributed by atoms with Crippen LogP contribution in [-0.2, 0) is 0 Å². The molecular formula is C20H24Br4. The maximum Gasteiger partial charge on any atom is 0.0239 e. The van der Waals surface area contributed by atoms with Crippen molar-refractivity contribution >= 4 is 63.7 Å². The van der Waals surface area contributed by atoms with E-state index in [4.69, 9.17) is 0 Å². The summed E-state index contributed by atoms with van der Waals surface area (Å²) >= 11 is 14.4. The van der Waals surface area contributed by atoms with Crippen LogP contribution >= 0.6 is 63.7 Å². The van der Waals surface area contributed by atoms with Gasteiger partial charge in [-0.3, -0.25) is 0 Å². The topological polar surface area (TPSA) is 0 Å². The summed E-state index contributed by atoms with van der Waals surface area (Å²) in [5, 5.41) is 0. The van der Waals surface area contributed by atoms with E-state index >= 15 is 0 Å². The minimum absolute atomic E-state index is 1.24. The Morgan fingerprint density at radius 3 is 0.458 bits per heavy atom. The van der Waals surface area contributed by atoms with Gasteiger partial charge in [-0.25, -0.2) is 0 Å². The van der Waals surface area contributed by atoms with Crippen molar-refractivity contribution in [3.63, 3.8) is 0 Å². The molecule has 0 nitrogen and oxygen atoms in total. The van der Waals surface area contributed by atoms with Crippen LogP contribution in [0.1, 0.15) is 44.5 Å². The molecule has 0 atom stereocenters. The van der Waals surface area contributed by atoms with Crippen LogP contribution in [-0.4, -0.2) is 0 Å². The Morgan fingerprint density at radius 1 is 0.292 bits per heavy atom. The lowest BCUT2D eigenvalue weighted by Gasteiger charge is -2.13. The molecule has 0 aliphatic rings. The van der Waals surface area contributed by atoms with Crippen LogP contribution in [0.15, 0.2) is 17.9 Å². The van der Waals surface area contributed by atoms with Crippen LogP contribution in [0.5, 0.6) is 0 Å². The highest BCUT2D eigenvalue weighted by Crippen LogP contribution is 2.34. The largest absolute Gasteiger partial charge is 0.0502 e. The molecule has 0 spiro atoms. The summed E-state index contributed by atoms with van der Waals surface area (Å²) in [6.07, 6.45) is 0. The zero-order valence-corrected chi connectivity index (χ0v) is 21.9. The van der Waals surface area contributed by atoms with Gasteiger partial charge >= 0.3 is 0 Å². The van der Waals surface area contributed by atoms with Crippen molar-refractivity contribution in [3.05, 3.63) is 62.4 Å². The minimum Gasteiger partial charge on any atom is -0.0502 e. The molecule has 0 N–H and O–H groups in total. The van der Waals surface area contributed by atoms with Gasteiger partial charge in [0, 0.05) is 17.9 Å². The fourth-order valence-electron chi connectivity index (χ4n) is 2.44. The highest BCUT2D eigenvalue weighted by molar-refractivity contribution is 9.11. The van der Waals surface area contributed by atoms with Crippen molar-refractivity contribution in [3.8, 4) is 0 Å². The van der Waals surface area contributed by atoms with Gasteiger partial charge in [-0.2, -0.15) is 0 Å². The molecule has 0 amide bonds. The van der Waals surface area contributed by atoms with Crippen LogP contribution in [0.3, 0.4) is 0 Å². The normalized spacial score (nSPS) is 10.5. The Kier molecular flexibility index (Phi) is 8.25. The minimum atomic E-state index is 1.24. The number of hydrogen-bond acceptors (Lipinski definition) is 0. The highest BCUT2D eigenvalue weighted by Gasteiger charge is 2.11. The van der Waals surface area contributed by atoms with E-state index in [0.717, 1.165) is 0 Å². The molecule has 4 heteroatoms. The molecule has 24 heavy (non-hydrogen) atoms. The van der Waals surface area contributed by atoms with Crippen molar-refractivity contribution < 1.29 is 0 Å². The summed E-state index contributed by atoms with van der Waals surface area (Å²) in [6.45, 7) is 17.1. The summed E-state index contributed by atoms with van der Waals surface area (Å²) in [4.78, 5) is 0. The summed E-state index contributed by atoms with van der Waals surface area (Å²) in [5.41, 5.74) is 10.6. The molecule has 0 fully saturated rings. The van der Waals surface area contributed by atoms with E-state index in [9.17, 15) is 0 Å². The number of benzene rings is 2. The standard InChI is InChI=1S/2C10H12Br2/c2*1-5-6(2)10(12)8(4)7(3)9(5)11/h2*1-4H3. The zero-order chi connectivity index (χ0) is 18.9. The molecule has 0 saturated heterocycles. The molecule has 0 heterocycles. The number of hydrogen-bond donors (Lipinski definition) is 0. The first kappa shape index (κ1) is 22.4. The summed E-state index contributed by atoms with van der Waals surface area (Å²) in [5.74, 6) is 0. The second-order valence-corrected chi connectivity index (χ2v) is 9.43. The predicted octanol–water partition coefficient (Wildman–Crippen LogP) is 8.89. The fraction of sp³-hybridized carbons (Fsp3) is 0.400. The van der Waals surface area contributed by atoms with E-state index < -0.39 is 0 Å². The molecular weight excluding hydrogens is 560 g/mol. The summed E-state index contributed by atoms with van der Waals surface area (Å²) in [6, 6.07) is 0. The van der Waals surface area contributed by atoms with Crippen molar-refractivity contribution in [1.82, 2.24) is 0 Å². The van der Waals surface area contributed by atoms with Gasteiger partial charge in [0.1, 0.15) is 0 Å². The molecule has 0 aromatic heterocycles. The Labute approximate surface area is 180 Å². The maximum absolute atomic E-state index is 3.59. The zero-order valence-electron chi connectivity index (χ0n) is 15.5. The van der Waals surface area contributed by atoms with Gasteiger partial charge in [0.15, 0.2) is 0 Å². The second kappa shape index (κ2) is 8.83. The van der Waals surface area contributed by atoms with Gasteiger partial charge in [-0.1, -0.05) is 63.7 Å². The summed E-state index contributed by atoms with van der Waals surface area (Å²) < 4.78 is 4.95. The third kappa shape index (κ3) is 4.36. The van der Waals surface area contributed by atoms with Gasteiger partial charge in [0.05, 0.1) is 0 Å². The van der Waals surface area contributed by atoms with Crippen molar-refractivity contribution in [2.45, 2.75) is 55.4 Å². The molecule has 2 rings (SSSR count). The number of halogens is 4. The van der Waals surface area contributed by atoms with Crippen molar-refractivity contribution in [1.29, 1.82) is 0 Å². The first-order chi connectivity index (χ1) is 10.9. The third-order valence-electron chi connectivity index (χ3n) is 4.88. The lowest BCUT2D eigenvalue weighted by molar-refractivity contribution is 1.19. The van der Waals surface area contributed by atoms with Gasteiger partial charge in [-0.05, 0) is 99.9 Å². The fourth-order valence-corrected chi connectivity index (χ4v) is 4.82. The van der Waals surface area contributed by atoms with Crippen molar-refractivity contribution in [2.75, 3.05) is 0 Å². The van der Waals surface area contributed by atoms with E-state index in [1.807, 2.05) is 0 Å². The van der Waals surface area contributed by atoms with Gasteiger partial charge < -0.3 is 0 Å². The van der Waals surface area contributed by atoms with Gasteiger partial charge in [-0.15, -0.1) is 0 Å². The average molecular weight is 584 g/mol. The highest BCUT2D eigenvalue weighted by atomic mass is 79.9. The molecule has 0 aliphatic heterocycles. The maximum atomic E-state index is 3.59. The molecule has 0 bridgehead atoms. The molecule has 0 aliphatic carbocycles. The molecule has 0 saturated carbocycles. The molecule has 0 radical (unpaired) electrons. The van der Waals surface area contributed by atoms with Gasteiger partial charge in [0.25, 0.3) is 0 Å². The lowest BCUT2D eigenvalue weighted by atomic mass is 10.0. The summed E-state index contributed by atoms with van der Waals surface area (Å²) in [7, 11) is 0. The van der Waals surface area contributed by atoms with E-state index in [1.54, 1.807) is 0 Å². The lowest BCUT2D eigenvalue weighted by Crippen LogP contribution is -1.93. The smallest absolute Gasteiger partial charge is 0.0239 e.